The lowest BCUT2D eigenvalue weighted by Gasteiger charge is -2.22. The Bertz CT molecular complexity index is 1150. The molecule has 0 unspecified atom stereocenters. The number of hydrogen-bond donors (Lipinski definition) is 2. The molecule has 6 heteroatoms. The monoisotopic (exact) mass is 521 g/mol. The van der Waals surface area contributed by atoms with Gasteiger partial charge >= 0.3 is 5.97 Å². The summed E-state index contributed by atoms with van der Waals surface area (Å²) >= 11 is 0. The van der Waals surface area contributed by atoms with Crippen molar-refractivity contribution >= 4 is 11.9 Å². The van der Waals surface area contributed by atoms with Crippen molar-refractivity contribution in [1.82, 2.24) is 5.32 Å². The Kier molecular flexibility index (Phi) is 10.8. The highest BCUT2D eigenvalue weighted by atomic mass is 19.1. The van der Waals surface area contributed by atoms with Crippen LogP contribution >= 0.6 is 0 Å². The maximum Gasteiger partial charge on any atom is 0.308 e. The number of allylic oxidation sites excluding steroid dienone is 1. The Morgan fingerprint density at radius 2 is 1.95 bits per heavy atom. The molecule has 0 radical (unpaired) electrons. The van der Waals surface area contributed by atoms with Crippen LogP contribution in [0.4, 0.5) is 4.39 Å². The zero-order valence-electron chi connectivity index (χ0n) is 22.6. The molecule has 204 valence electrons. The number of benzene rings is 2. The number of carbonyl (C=O) groups excluding carboxylic acids is 2. The number of nitrogens with one attached hydrogen (secondary N) is 1. The molecule has 0 bridgehead atoms. The maximum absolute atomic E-state index is 15.2. The third-order valence-corrected chi connectivity index (χ3v) is 6.94. The van der Waals surface area contributed by atoms with Gasteiger partial charge < -0.3 is 15.2 Å². The van der Waals surface area contributed by atoms with Crippen molar-refractivity contribution in [2.45, 2.75) is 83.3 Å². The average molecular weight is 522 g/mol. The Morgan fingerprint density at radius 1 is 1.18 bits per heavy atom. The second-order valence-electron chi connectivity index (χ2n) is 10.0. The van der Waals surface area contributed by atoms with Crippen LogP contribution in [0.15, 0.2) is 55.6 Å². The summed E-state index contributed by atoms with van der Waals surface area (Å²) in [5.41, 5.74) is 5.77. The molecular formula is C32H40FNO4. The number of rotatable bonds is 15. The lowest BCUT2D eigenvalue weighted by molar-refractivity contribution is -0.144. The van der Waals surface area contributed by atoms with Crippen LogP contribution in [0.3, 0.4) is 0 Å². The van der Waals surface area contributed by atoms with Gasteiger partial charge in [-0.15, -0.1) is 13.2 Å². The zero-order valence-corrected chi connectivity index (χ0v) is 22.6. The minimum Gasteiger partial charge on any atom is -0.466 e. The van der Waals surface area contributed by atoms with Crippen molar-refractivity contribution in [3.8, 4) is 11.1 Å². The number of carbonyl (C=O) groups is 2. The SMILES string of the molecule is C=CCCCCc1cc(C2CC2)cc(C)c1-c1ccc(F)c([C@H](CC(=O)OCC)NC(=O)[C@H](O)CC=C)c1. The minimum atomic E-state index is -1.34. The van der Waals surface area contributed by atoms with E-state index in [0.717, 1.165) is 42.4 Å². The minimum absolute atomic E-state index is 0.0439. The van der Waals surface area contributed by atoms with Gasteiger partial charge in [0.1, 0.15) is 11.9 Å². The first-order chi connectivity index (χ1) is 18.3. The molecule has 1 fully saturated rings. The van der Waals surface area contributed by atoms with Gasteiger partial charge in [0.2, 0.25) is 5.91 Å². The Labute approximate surface area is 225 Å². The normalized spacial score (nSPS) is 14.4. The molecule has 2 aromatic carbocycles. The number of aliphatic hydroxyl groups is 1. The number of aliphatic hydroxyl groups excluding tert-OH is 1. The molecular weight excluding hydrogens is 481 g/mol. The second-order valence-corrected chi connectivity index (χ2v) is 10.0. The van der Waals surface area contributed by atoms with Crippen molar-refractivity contribution in [2.24, 2.45) is 0 Å². The predicted octanol–water partition coefficient (Wildman–Crippen LogP) is 6.62. The molecule has 0 heterocycles. The number of hydrogen-bond acceptors (Lipinski definition) is 4. The summed E-state index contributed by atoms with van der Waals surface area (Å²) in [6.45, 7) is 11.3. The molecule has 2 atom stereocenters. The van der Waals surface area contributed by atoms with E-state index in [4.69, 9.17) is 4.74 Å². The van der Waals surface area contributed by atoms with Gasteiger partial charge in [0, 0.05) is 12.0 Å². The van der Waals surface area contributed by atoms with E-state index in [2.05, 4.69) is 37.5 Å². The molecule has 1 amide bonds. The van der Waals surface area contributed by atoms with Gasteiger partial charge in [-0.25, -0.2) is 4.39 Å². The summed E-state index contributed by atoms with van der Waals surface area (Å²) in [4.78, 5) is 25.0. The van der Waals surface area contributed by atoms with E-state index < -0.39 is 29.8 Å². The highest BCUT2D eigenvalue weighted by molar-refractivity contribution is 5.82. The number of aryl methyl sites for hydroxylation is 2. The molecule has 5 nitrogen and oxygen atoms in total. The lowest BCUT2D eigenvalue weighted by Crippen LogP contribution is -2.38. The van der Waals surface area contributed by atoms with Gasteiger partial charge in [-0.1, -0.05) is 30.4 Å². The van der Waals surface area contributed by atoms with E-state index in [-0.39, 0.29) is 25.0 Å². The van der Waals surface area contributed by atoms with Gasteiger partial charge in [-0.05, 0) is 98.2 Å². The highest BCUT2D eigenvalue weighted by Crippen LogP contribution is 2.43. The van der Waals surface area contributed by atoms with Crippen molar-refractivity contribution in [1.29, 1.82) is 0 Å². The van der Waals surface area contributed by atoms with E-state index in [1.54, 1.807) is 19.1 Å². The Balaban J connectivity index is 2.02. The van der Waals surface area contributed by atoms with Crippen molar-refractivity contribution in [3.05, 3.63) is 83.7 Å². The first-order valence-electron chi connectivity index (χ1n) is 13.6. The fourth-order valence-electron chi connectivity index (χ4n) is 4.88. The third kappa shape index (κ3) is 7.87. The van der Waals surface area contributed by atoms with Gasteiger partial charge in [0.05, 0.1) is 19.1 Å². The quantitative estimate of drug-likeness (QED) is 0.157. The van der Waals surface area contributed by atoms with Gasteiger partial charge in [0.25, 0.3) is 0 Å². The summed E-state index contributed by atoms with van der Waals surface area (Å²) in [6, 6.07) is 8.37. The second kappa shape index (κ2) is 14.1. The van der Waals surface area contributed by atoms with E-state index in [1.807, 2.05) is 6.08 Å². The van der Waals surface area contributed by atoms with Crippen molar-refractivity contribution < 1.29 is 23.8 Å². The predicted molar refractivity (Wildman–Crippen MR) is 149 cm³/mol. The van der Waals surface area contributed by atoms with Crippen molar-refractivity contribution in [3.63, 3.8) is 0 Å². The fraction of sp³-hybridized carbons (Fsp3) is 0.438. The zero-order chi connectivity index (χ0) is 27.7. The largest absolute Gasteiger partial charge is 0.466 e. The van der Waals surface area contributed by atoms with Crippen molar-refractivity contribution in [2.75, 3.05) is 6.61 Å². The summed E-state index contributed by atoms with van der Waals surface area (Å²) in [5, 5.41) is 12.8. The molecule has 38 heavy (non-hydrogen) atoms. The van der Waals surface area contributed by atoms with Crippen LogP contribution in [0.1, 0.15) is 86.1 Å². The van der Waals surface area contributed by atoms with E-state index in [9.17, 15) is 14.7 Å². The molecule has 0 saturated heterocycles. The maximum atomic E-state index is 15.2. The van der Waals surface area contributed by atoms with Crippen LogP contribution in [0.25, 0.3) is 11.1 Å². The fourth-order valence-corrected chi connectivity index (χ4v) is 4.88. The molecule has 2 aromatic rings. The molecule has 3 rings (SSSR count). The number of ether oxygens (including phenoxy) is 1. The molecule has 0 aromatic heterocycles. The van der Waals surface area contributed by atoms with Crippen LogP contribution in [0.2, 0.25) is 0 Å². The summed E-state index contributed by atoms with van der Waals surface area (Å²) in [7, 11) is 0. The molecule has 1 aliphatic rings. The van der Waals surface area contributed by atoms with Gasteiger partial charge in [-0.3, -0.25) is 9.59 Å². The van der Waals surface area contributed by atoms with E-state index >= 15 is 4.39 Å². The molecule has 1 aliphatic carbocycles. The van der Waals surface area contributed by atoms with E-state index in [0.29, 0.717) is 5.92 Å². The third-order valence-electron chi connectivity index (χ3n) is 6.94. The van der Waals surface area contributed by atoms with Crippen LogP contribution in [0.5, 0.6) is 0 Å². The Morgan fingerprint density at radius 3 is 2.61 bits per heavy atom. The first kappa shape index (κ1) is 29.3. The molecule has 0 aliphatic heterocycles. The number of amides is 1. The van der Waals surface area contributed by atoms with Gasteiger partial charge in [-0.2, -0.15) is 0 Å². The van der Waals surface area contributed by atoms with Crippen LogP contribution in [-0.2, 0) is 20.7 Å². The molecule has 2 N–H and O–H groups in total. The summed E-state index contributed by atoms with van der Waals surface area (Å²) < 4.78 is 20.3. The molecule has 0 spiro atoms. The standard InChI is InChI=1S/C32H40FNO4/c1-5-8-9-10-12-23-18-25(22-13-14-22)17-21(4)31(23)24-15-16-27(33)26(19-24)28(20-30(36)38-7-3)34-32(37)29(35)11-6-2/h5-6,15-19,22,28-29,35H,1-2,7-14,20H2,3-4H3,(H,34,37)/t28-,29+/m0/s1. The van der Waals surface area contributed by atoms with Gasteiger partial charge in [0.15, 0.2) is 0 Å². The number of halogens is 1. The first-order valence-corrected chi connectivity index (χ1v) is 13.6. The number of esters is 1. The average Bonchev–Trinajstić information content (AvgIpc) is 3.72. The smallest absolute Gasteiger partial charge is 0.308 e. The number of unbranched alkanes of at least 4 members (excludes halogenated alkanes) is 2. The van der Waals surface area contributed by atoms with E-state index in [1.165, 1.54) is 36.1 Å². The Hall–Kier alpha value is -3.25. The van der Waals surface area contributed by atoms with Crippen LogP contribution in [0, 0.1) is 12.7 Å². The summed E-state index contributed by atoms with van der Waals surface area (Å²) in [5.74, 6) is -1.18. The lowest BCUT2D eigenvalue weighted by atomic mass is 9.87. The summed E-state index contributed by atoms with van der Waals surface area (Å²) in [6.07, 6.45) is 8.15. The topological polar surface area (TPSA) is 75.6 Å². The molecule has 1 saturated carbocycles. The van der Waals surface area contributed by atoms with Crippen LogP contribution in [-0.4, -0.2) is 29.7 Å². The highest BCUT2D eigenvalue weighted by Gasteiger charge is 2.27. The van der Waals surface area contributed by atoms with Crippen LogP contribution < -0.4 is 5.32 Å².